The third-order valence-electron chi connectivity index (χ3n) is 4.68. The van der Waals surface area contributed by atoms with Crippen LogP contribution in [0.15, 0.2) is 53.9 Å². The Morgan fingerprint density at radius 3 is 2.30 bits per heavy atom. The molecule has 0 spiro atoms. The third kappa shape index (κ3) is 4.13. The number of imide groups is 1. The van der Waals surface area contributed by atoms with Crippen LogP contribution in [0.2, 0.25) is 5.02 Å². The van der Waals surface area contributed by atoms with Gasteiger partial charge in [-0.1, -0.05) is 41.9 Å². The van der Waals surface area contributed by atoms with Gasteiger partial charge in [-0.25, -0.2) is 4.98 Å². The average Bonchev–Trinajstić information content (AvgIpc) is 3.32. The molecular formula is C22H17ClN2O4S. The zero-order valence-corrected chi connectivity index (χ0v) is 17.4. The van der Waals surface area contributed by atoms with E-state index in [0.717, 1.165) is 10.6 Å². The van der Waals surface area contributed by atoms with E-state index in [1.54, 1.807) is 30.3 Å². The number of carbonyl (C=O) groups excluding carboxylic acids is 3. The summed E-state index contributed by atoms with van der Waals surface area (Å²) >= 11 is 7.62. The molecule has 0 atom stereocenters. The van der Waals surface area contributed by atoms with Crippen LogP contribution in [0.5, 0.6) is 0 Å². The summed E-state index contributed by atoms with van der Waals surface area (Å²) < 4.78 is 5.27. The van der Waals surface area contributed by atoms with Gasteiger partial charge in [0.05, 0.1) is 21.8 Å². The Kier molecular flexibility index (Phi) is 5.92. The molecule has 30 heavy (non-hydrogen) atoms. The molecular weight excluding hydrogens is 424 g/mol. The maximum Gasteiger partial charge on any atom is 0.306 e. The molecule has 3 aromatic rings. The standard InChI is InChI=1S/C22H17ClN2O4S/c23-18-9-4-3-8-17(18)20-24-14(13-30-20)12-29-19(26)10-5-11-25-21(27)15-6-1-2-7-16(15)22(25)28/h1-4,6-9,13H,5,10-12H2. The summed E-state index contributed by atoms with van der Waals surface area (Å²) in [5, 5.41) is 3.20. The van der Waals surface area contributed by atoms with Crippen molar-refractivity contribution in [1.29, 1.82) is 0 Å². The molecule has 0 saturated carbocycles. The van der Waals surface area contributed by atoms with E-state index in [-0.39, 0.29) is 31.4 Å². The first-order valence-corrected chi connectivity index (χ1v) is 10.6. The summed E-state index contributed by atoms with van der Waals surface area (Å²) in [6.45, 7) is 0.238. The number of amides is 2. The fourth-order valence-corrected chi connectivity index (χ4v) is 4.31. The highest BCUT2D eigenvalue weighted by Crippen LogP contribution is 2.30. The fourth-order valence-electron chi connectivity index (χ4n) is 3.18. The lowest BCUT2D eigenvalue weighted by Crippen LogP contribution is -2.31. The van der Waals surface area contributed by atoms with Crippen LogP contribution in [0.3, 0.4) is 0 Å². The van der Waals surface area contributed by atoms with Gasteiger partial charge in [0.2, 0.25) is 0 Å². The Hall–Kier alpha value is -3.03. The number of hydrogen-bond donors (Lipinski definition) is 0. The van der Waals surface area contributed by atoms with Gasteiger partial charge in [-0.15, -0.1) is 11.3 Å². The van der Waals surface area contributed by atoms with Crippen molar-refractivity contribution in [2.45, 2.75) is 19.4 Å². The SMILES string of the molecule is O=C(CCCN1C(=O)c2ccccc2C1=O)OCc1csc(-c2ccccc2Cl)n1. The number of esters is 1. The summed E-state index contributed by atoms with van der Waals surface area (Å²) in [5.74, 6) is -1.05. The van der Waals surface area contributed by atoms with Crippen molar-refractivity contribution in [2.75, 3.05) is 6.54 Å². The number of nitrogens with zero attached hydrogens (tertiary/aromatic N) is 2. The van der Waals surface area contributed by atoms with Gasteiger partial charge in [0.1, 0.15) is 11.6 Å². The smallest absolute Gasteiger partial charge is 0.306 e. The van der Waals surface area contributed by atoms with Crippen molar-refractivity contribution < 1.29 is 19.1 Å². The Bertz CT molecular complexity index is 1090. The number of ether oxygens (including phenoxy) is 1. The minimum absolute atomic E-state index is 0.0623. The molecule has 4 rings (SSSR count). The first-order valence-electron chi connectivity index (χ1n) is 9.35. The van der Waals surface area contributed by atoms with E-state index in [9.17, 15) is 14.4 Å². The molecule has 0 fully saturated rings. The number of thiazole rings is 1. The molecule has 0 radical (unpaired) electrons. The predicted octanol–water partition coefficient (Wildman–Crippen LogP) is 4.58. The maximum atomic E-state index is 12.3. The number of fused-ring (bicyclic) bond motifs is 1. The second kappa shape index (κ2) is 8.77. The molecule has 0 bridgehead atoms. The van der Waals surface area contributed by atoms with Crippen molar-refractivity contribution in [3.8, 4) is 10.6 Å². The molecule has 0 unspecified atom stereocenters. The molecule has 0 N–H and O–H groups in total. The third-order valence-corrected chi connectivity index (χ3v) is 5.93. The monoisotopic (exact) mass is 440 g/mol. The predicted molar refractivity (Wildman–Crippen MR) is 113 cm³/mol. The van der Waals surface area contributed by atoms with E-state index >= 15 is 0 Å². The highest BCUT2D eigenvalue weighted by Gasteiger charge is 2.34. The zero-order valence-electron chi connectivity index (χ0n) is 15.8. The lowest BCUT2D eigenvalue weighted by Gasteiger charge is -2.13. The summed E-state index contributed by atoms with van der Waals surface area (Å²) in [4.78, 5) is 42.3. The van der Waals surface area contributed by atoms with E-state index in [1.807, 2.05) is 23.6 Å². The van der Waals surface area contributed by atoms with E-state index in [0.29, 0.717) is 28.3 Å². The molecule has 2 amide bonds. The van der Waals surface area contributed by atoms with Crippen molar-refractivity contribution in [3.05, 3.63) is 75.8 Å². The van der Waals surface area contributed by atoms with Crippen LogP contribution in [-0.2, 0) is 16.1 Å². The second-order valence-corrected chi connectivity index (χ2v) is 7.96. The maximum absolute atomic E-state index is 12.3. The number of rotatable bonds is 7. The van der Waals surface area contributed by atoms with Gasteiger partial charge < -0.3 is 4.74 Å². The summed E-state index contributed by atoms with van der Waals surface area (Å²) in [6.07, 6.45) is 0.446. The van der Waals surface area contributed by atoms with E-state index in [1.165, 1.54) is 16.2 Å². The Labute approximate surface area is 182 Å². The molecule has 1 aliphatic rings. The minimum atomic E-state index is -0.404. The number of benzene rings is 2. The fraction of sp³-hybridized carbons (Fsp3) is 0.182. The van der Waals surface area contributed by atoms with Gasteiger partial charge in [-0.3, -0.25) is 19.3 Å². The quantitative estimate of drug-likeness (QED) is 0.397. The Balaban J connectivity index is 1.25. The molecule has 2 heterocycles. The summed E-state index contributed by atoms with van der Waals surface area (Å²) in [7, 11) is 0. The number of carbonyl (C=O) groups is 3. The van der Waals surface area contributed by atoms with Crippen molar-refractivity contribution >= 4 is 40.7 Å². The zero-order chi connectivity index (χ0) is 21.1. The molecule has 1 aromatic heterocycles. The molecule has 152 valence electrons. The topological polar surface area (TPSA) is 76.6 Å². The lowest BCUT2D eigenvalue weighted by atomic mass is 10.1. The van der Waals surface area contributed by atoms with Gasteiger partial charge in [0.15, 0.2) is 0 Å². The molecule has 2 aromatic carbocycles. The normalized spacial score (nSPS) is 12.9. The lowest BCUT2D eigenvalue weighted by molar-refractivity contribution is -0.145. The van der Waals surface area contributed by atoms with E-state index in [4.69, 9.17) is 16.3 Å². The Morgan fingerprint density at radius 1 is 1.00 bits per heavy atom. The molecule has 6 nitrogen and oxygen atoms in total. The minimum Gasteiger partial charge on any atom is -0.459 e. The van der Waals surface area contributed by atoms with Crippen LogP contribution in [0.1, 0.15) is 39.3 Å². The van der Waals surface area contributed by atoms with Crippen LogP contribution < -0.4 is 0 Å². The van der Waals surface area contributed by atoms with Crippen molar-refractivity contribution in [3.63, 3.8) is 0 Å². The van der Waals surface area contributed by atoms with Crippen LogP contribution in [0, 0.1) is 0 Å². The van der Waals surface area contributed by atoms with Crippen molar-refractivity contribution in [2.24, 2.45) is 0 Å². The average molecular weight is 441 g/mol. The van der Waals surface area contributed by atoms with E-state index in [2.05, 4.69) is 4.98 Å². The first kappa shape index (κ1) is 20.3. The van der Waals surface area contributed by atoms with Gasteiger partial charge in [-0.2, -0.15) is 0 Å². The largest absolute Gasteiger partial charge is 0.459 e. The number of halogens is 1. The second-order valence-electron chi connectivity index (χ2n) is 6.70. The van der Waals surface area contributed by atoms with Crippen LogP contribution in [0.4, 0.5) is 0 Å². The van der Waals surface area contributed by atoms with Crippen LogP contribution in [-0.4, -0.2) is 34.2 Å². The summed E-state index contributed by atoms with van der Waals surface area (Å²) in [6, 6.07) is 14.1. The van der Waals surface area contributed by atoms with E-state index < -0.39 is 5.97 Å². The molecule has 0 saturated heterocycles. The molecule has 1 aliphatic heterocycles. The first-order chi connectivity index (χ1) is 14.5. The highest BCUT2D eigenvalue weighted by molar-refractivity contribution is 7.13. The van der Waals surface area contributed by atoms with Crippen LogP contribution >= 0.6 is 22.9 Å². The molecule has 8 heteroatoms. The van der Waals surface area contributed by atoms with Gasteiger partial charge in [0, 0.05) is 23.9 Å². The Morgan fingerprint density at radius 2 is 1.63 bits per heavy atom. The molecule has 0 aliphatic carbocycles. The van der Waals surface area contributed by atoms with Crippen LogP contribution in [0.25, 0.3) is 10.6 Å². The van der Waals surface area contributed by atoms with Gasteiger partial charge in [0.25, 0.3) is 11.8 Å². The summed E-state index contributed by atoms with van der Waals surface area (Å²) in [5.41, 5.74) is 2.29. The number of hydrogen-bond acceptors (Lipinski definition) is 6. The van der Waals surface area contributed by atoms with Crippen molar-refractivity contribution in [1.82, 2.24) is 9.88 Å². The van der Waals surface area contributed by atoms with Gasteiger partial charge in [-0.05, 0) is 24.6 Å². The highest BCUT2D eigenvalue weighted by atomic mass is 35.5. The number of aromatic nitrogens is 1. The van der Waals surface area contributed by atoms with Gasteiger partial charge >= 0.3 is 5.97 Å².